The van der Waals surface area contributed by atoms with E-state index < -0.39 is 0 Å². The molecule has 1 aromatic carbocycles. The van der Waals surface area contributed by atoms with Gasteiger partial charge in [-0.2, -0.15) is 10.2 Å². The van der Waals surface area contributed by atoms with Crippen molar-refractivity contribution in [3.63, 3.8) is 0 Å². The summed E-state index contributed by atoms with van der Waals surface area (Å²) in [5, 5.41) is 12.8. The second kappa shape index (κ2) is 5.13. The Bertz CT molecular complexity index is 826. The summed E-state index contributed by atoms with van der Waals surface area (Å²) in [4.78, 5) is 7.23. The highest BCUT2D eigenvalue weighted by molar-refractivity contribution is 5.66. The molecule has 6 heteroatoms. The molecule has 0 unspecified atom stereocenters. The number of ether oxygens (including phenoxy) is 1. The first-order valence-corrected chi connectivity index (χ1v) is 6.29. The zero-order valence-electron chi connectivity index (χ0n) is 11.5. The number of aromatic nitrogens is 3. The van der Waals surface area contributed by atoms with E-state index in [2.05, 4.69) is 15.1 Å². The van der Waals surface area contributed by atoms with Crippen LogP contribution in [0.25, 0.3) is 23.0 Å². The third-order valence-corrected chi connectivity index (χ3v) is 3.06. The van der Waals surface area contributed by atoms with Crippen LogP contribution in [0.4, 0.5) is 0 Å². The molecule has 0 aliphatic heterocycles. The van der Waals surface area contributed by atoms with Gasteiger partial charge in [-0.1, -0.05) is 11.2 Å². The van der Waals surface area contributed by atoms with E-state index in [1.807, 2.05) is 31.2 Å². The Hall–Kier alpha value is -3.07. The van der Waals surface area contributed by atoms with Gasteiger partial charge in [-0.05, 0) is 36.8 Å². The molecule has 3 rings (SSSR count). The molecule has 0 aliphatic carbocycles. The normalized spacial score (nSPS) is 10.3. The average molecular weight is 280 g/mol. The first-order valence-electron chi connectivity index (χ1n) is 6.29. The number of nitrogens with zero attached hydrogens (tertiary/aromatic N) is 3. The van der Waals surface area contributed by atoms with Gasteiger partial charge in [0.15, 0.2) is 0 Å². The number of nitriles is 1. The molecule has 0 atom stereocenters. The largest absolute Gasteiger partial charge is 0.496 e. The van der Waals surface area contributed by atoms with Gasteiger partial charge >= 0.3 is 0 Å². The van der Waals surface area contributed by atoms with E-state index in [9.17, 15) is 0 Å². The van der Waals surface area contributed by atoms with Crippen molar-refractivity contribution in [1.82, 2.24) is 15.1 Å². The molecule has 0 fully saturated rings. The van der Waals surface area contributed by atoms with Gasteiger partial charge in [0.2, 0.25) is 5.82 Å². The Morgan fingerprint density at radius 1 is 1.29 bits per heavy atom. The van der Waals surface area contributed by atoms with Crippen molar-refractivity contribution in [2.45, 2.75) is 6.92 Å². The van der Waals surface area contributed by atoms with Crippen LogP contribution < -0.4 is 4.74 Å². The van der Waals surface area contributed by atoms with Gasteiger partial charge in [-0.15, -0.1) is 0 Å². The molecule has 0 radical (unpaired) electrons. The molecule has 2 heterocycles. The minimum Gasteiger partial charge on any atom is -0.496 e. The van der Waals surface area contributed by atoms with Crippen LogP contribution in [0.2, 0.25) is 0 Å². The van der Waals surface area contributed by atoms with Crippen molar-refractivity contribution < 1.29 is 9.26 Å². The third-order valence-electron chi connectivity index (χ3n) is 3.06. The molecule has 0 amide bonds. The van der Waals surface area contributed by atoms with Gasteiger partial charge in [-0.25, -0.2) is 0 Å². The lowest BCUT2D eigenvalue weighted by molar-refractivity contribution is 0.413. The van der Waals surface area contributed by atoms with Gasteiger partial charge in [0, 0.05) is 0 Å². The topological polar surface area (TPSA) is 87.7 Å². The summed E-state index contributed by atoms with van der Waals surface area (Å²) in [7, 11) is 1.60. The maximum Gasteiger partial charge on any atom is 0.274 e. The number of H-pyrrole nitrogens is 1. The zero-order valence-corrected chi connectivity index (χ0v) is 11.5. The van der Waals surface area contributed by atoms with Crippen molar-refractivity contribution in [3.05, 3.63) is 41.6 Å². The van der Waals surface area contributed by atoms with Crippen LogP contribution in [0.5, 0.6) is 5.75 Å². The number of benzene rings is 1. The van der Waals surface area contributed by atoms with E-state index >= 15 is 0 Å². The molecule has 0 bridgehead atoms. The second-order valence-electron chi connectivity index (χ2n) is 4.52. The maximum atomic E-state index is 8.81. The summed E-state index contributed by atoms with van der Waals surface area (Å²) in [6, 6.07) is 11.1. The highest BCUT2D eigenvalue weighted by Crippen LogP contribution is 2.30. The molecule has 6 nitrogen and oxygen atoms in total. The first-order chi connectivity index (χ1) is 10.2. The number of hydrogen-bond donors (Lipinski definition) is 1. The number of hydrogen-bond acceptors (Lipinski definition) is 5. The van der Waals surface area contributed by atoms with Crippen LogP contribution in [0, 0.1) is 18.3 Å². The molecule has 2 aromatic heterocycles. The van der Waals surface area contributed by atoms with Crippen molar-refractivity contribution in [2.75, 3.05) is 7.11 Å². The Morgan fingerprint density at radius 3 is 2.86 bits per heavy atom. The van der Waals surface area contributed by atoms with Crippen LogP contribution in [0.15, 0.2) is 34.9 Å². The summed E-state index contributed by atoms with van der Waals surface area (Å²) in [5.74, 6) is 1.45. The van der Waals surface area contributed by atoms with E-state index in [0.29, 0.717) is 28.9 Å². The Balaban J connectivity index is 2.00. The lowest BCUT2D eigenvalue weighted by Crippen LogP contribution is -1.90. The van der Waals surface area contributed by atoms with Crippen LogP contribution in [0.1, 0.15) is 11.3 Å². The van der Waals surface area contributed by atoms with Crippen molar-refractivity contribution in [2.24, 2.45) is 0 Å². The fourth-order valence-electron chi connectivity index (χ4n) is 2.01. The zero-order chi connectivity index (χ0) is 14.8. The second-order valence-corrected chi connectivity index (χ2v) is 4.52. The molecule has 21 heavy (non-hydrogen) atoms. The standard InChI is InChI=1S/C15H12N4O2/c1-9-3-5-11(13(7-9)20-2)14-18-15(21-19-14)12-6-4-10(8-16)17-12/h3-7,17H,1-2H3. The fourth-order valence-corrected chi connectivity index (χ4v) is 2.01. The lowest BCUT2D eigenvalue weighted by Gasteiger charge is -2.05. The summed E-state index contributed by atoms with van der Waals surface area (Å²) in [6.07, 6.45) is 0. The average Bonchev–Trinajstić information content (AvgIpc) is 3.15. The van der Waals surface area contributed by atoms with E-state index in [0.717, 1.165) is 11.1 Å². The van der Waals surface area contributed by atoms with Crippen LogP contribution in [-0.2, 0) is 0 Å². The fraction of sp³-hybridized carbons (Fsp3) is 0.133. The van der Waals surface area contributed by atoms with Crippen LogP contribution in [-0.4, -0.2) is 22.2 Å². The Kier molecular flexibility index (Phi) is 3.16. The first kappa shape index (κ1) is 12.9. The van der Waals surface area contributed by atoms with E-state index in [4.69, 9.17) is 14.5 Å². The smallest absolute Gasteiger partial charge is 0.274 e. The molecule has 3 aromatic rings. The third kappa shape index (κ3) is 2.37. The number of methoxy groups -OCH3 is 1. The monoisotopic (exact) mass is 280 g/mol. The number of aromatic amines is 1. The van der Waals surface area contributed by atoms with Crippen molar-refractivity contribution in [3.8, 4) is 34.8 Å². The Morgan fingerprint density at radius 2 is 2.14 bits per heavy atom. The summed E-state index contributed by atoms with van der Waals surface area (Å²) in [5.41, 5.74) is 2.89. The van der Waals surface area contributed by atoms with E-state index in [1.54, 1.807) is 19.2 Å². The summed E-state index contributed by atoms with van der Waals surface area (Å²) >= 11 is 0. The quantitative estimate of drug-likeness (QED) is 0.796. The van der Waals surface area contributed by atoms with Gasteiger partial charge in [0.25, 0.3) is 5.89 Å². The Labute approximate surface area is 121 Å². The minimum absolute atomic E-state index is 0.328. The minimum atomic E-state index is 0.328. The maximum absolute atomic E-state index is 8.81. The summed E-state index contributed by atoms with van der Waals surface area (Å²) in [6.45, 7) is 1.98. The van der Waals surface area contributed by atoms with Gasteiger partial charge in [0.1, 0.15) is 23.2 Å². The predicted molar refractivity (Wildman–Crippen MR) is 75.5 cm³/mol. The number of rotatable bonds is 3. The molecule has 0 spiro atoms. The highest BCUT2D eigenvalue weighted by atomic mass is 16.5. The van der Waals surface area contributed by atoms with Gasteiger partial charge in [-0.3, -0.25) is 0 Å². The van der Waals surface area contributed by atoms with Crippen molar-refractivity contribution >= 4 is 0 Å². The van der Waals surface area contributed by atoms with Gasteiger partial charge < -0.3 is 14.2 Å². The lowest BCUT2D eigenvalue weighted by atomic mass is 10.1. The number of aryl methyl sites for hydroxylation is 1. The molecule has 0 aliphatic rings. The van der Waals surface area contributed by atoms with E-state index in [-0.39, 0.29) is 0 Å². The molecule has 0 saturated carbocycles. The van der Waals surface area contributed by atoms with E-state index in [1.165, 1.54) is 0 Å². The highest BCUT2D eigenvalue weighted by Gasteiger charge is 2.15. The number of nitrogens with one attached hydrogen (secondary N) is 1. The van der Waals surface area contributed by atoms with Crippen LogP contribution >= 0.6 is 0 Å². The van der Waals surface area contributed by atoms with Gasteiger partial charge in [0.05, 0.1) is 12.7 Å². The molecule has 1 N–H and O–H groups in total. The molecular weight excluding hydrogens is 268 g/mol. The van der Waals surface area contributed by atoms with Crippen LogP contribution in [0.3, 0.4) is 0 Å². The summed E-state index contributed by atoms with van der Waals surface area (Å²) < 4.78 is 10.6. The molecular formula is C15H12N4O2. The SMILES string of the molecule is COc1cc(C)ccc1-c1noc(-c2ccc(C#N)[nH]2)n1. The van der Waals surface area contributed by atoms with Crippen molar-refractivity contribution in [1.29, 1.82) is 5.26 Å². The predicted octanol–water partition coefficient (Wildman–Crippen LogP) is 2.92. The molecule has 104 valence electrons. The molecule has 0 saturated heterocycles.